The summed E-state index contributed by atoms with van der Waals surface area (Å²) >= 11 is 8.73. The second kappa shape index (κ2) is 10.4. The van der Waals surface area contributed by atoms with Gasteiger partial charge in [0.15, 0.2) is 5.13 Å². The number of thiazole rings is 1. The minimum atomic E-state index is -0.364. The number of para-hydroxylation sites is 1. The van der Waals surface area contributed by atoms with E-state index in [-0.39, 0.29) is 17.5 Å². The zero-order valence-electron chi connectivity index (χ0n) is 16.4. The molecule has 1 amide bonds. The SMILES string of the molecule is CCN(CC)CCN(C(=O)CSc1ccc(Cl)cc1)c1nc2c(F)cccc2s1. The van der Waals surface area contributed by atoms with Gasteiger partial charge in [0.1, 0.15) is 11.3 Å². The Labute approximate surface area is 183 Å². The smallest absolute Gasteiger partial charge is 0.239 e. The molecule has 0 atom stereocenters. The molecule has 3 aromatic rings. The molecule has 0 saturated heterocycles. The van der Waals surface area contributed by atoms with Crippen LogP contribution in [-0.2, 0) is 4.79 Å². The molecule has 2 aromatic carbocycles. The van der Waals surface area contributed by atoms with E-state index in [2.05, 4.69) is 23.7 Å². The van der Waals surface area contributed by atoms with Crippen molar-refractivity contribution in [1.82, 2.24) is 9.88 Å². The average Bonchev–Trinajstić information content (AvgIpc) is 3.16. The molecule has 0 saturated carbocycles. The second-order valence-corrected chi connectivity index (χ2v) is 8.89. The number of carbonyl (C=O) groups excluding carboxylic acids is 1. The number of anilines is 1. The summed E-state index contributed by atoms with van der Waals surface area (Å²) in [6, 6.07) is 12.3. The Morgan fingerprint density at radius 1 is 1.14 bits per heavy atom. The van der Waals surface area contributed by atoms with E-state index in [4.69, 9.17) is 11.6 Å². The lowest BCUT2D eigenvalue weighted by molar-refractivity contribution is -0.116. The number of carbonyl (C=O) groups is 1. The van der Waals surface area contributed by atoms with Crippen LogP contribution in [0.25, 0.3) is 10.2 Å². The Hall–Kier alpha value is -1.67. The van der Waals surface area contributed by atoms with Gasteiger partial charge in [-0.25, -0.2) is 9.37 Å². The van der Waals surface area contributed by atoms with Gasteiger partial charge in [0.2, 0.25) is 5.91 Å². The summed E-state index contributed by atoms with van der Waals surface area (Å²) in [4.78, 5) is 22.4. The van der Waals surface area contributed by atoms with Gasteiger partial charge in [0.25, 0.3) is 0 Å². The van der Waals surface area contributed by atoms with E-state index in [0.717, 1.165) is 29.2 Å². The van der Waals surface area contributed by atoms with Gasteiger partial charge in [-0.05, 0) is 49.5 Å². The first kappa shape index (κ1) is 22.0. The summed E-state index contributed by atoms with van der Waals surface area (Å²) in [5, 5.41) is 1.21. The Morgan fingerprint density at radius 2 is 1.86 bits per heavy atom. The number of benzene rings is 2. The maximum atomic E-state index is 14.1. The maximum Gasteiger partial charge on any atom is 0.239 e. The van der Waals surface area contributed by atoms with Crippen LogP contribution in [0.4, 0.5) is 9.52 Å². The number of likely N-dealkylation sites (N-methyl/N-ethyl adjacent to an activating group) is 1. The summed E-state index contributed by atoms with van der Waals surface area (Å²) in [5.41, 5.74) is 0.318. The number of hydrogen-bond acceptors (Lipinski definition) is 5. The zero-order valence-corrected chi connectivity index (χ0v) is 18.8. The van der Waals surface area contributed by atoms with Crippen molar-refractivity contribution in [3.05, 3.63) is 53.3 Å². The third-order valence-corrected chi connectivity index (χ3v) is 6.89. The van der Waals surface area contributed by atoms with Crippen molar-refractivity contribution in [3.63, 3.8) is 0 Å². The molecule has 1 heterocycles. The van der Waals surface area contributed by atoms with E-state index >= 15 is 0 Å². The Kier molecular flexibility index (Phi) is 7.89. The second-order valence-electron chi connectivity index (χ2n) is 6.40. The first-order valence-electron chi connectivity index (χ1n) is 9.48. The predicted octanol–water partition coefficient (Wildman–Crippen LogP) is 5.56. The van der Waals surface area contributed by atoms with E-state index in [1.807, 2.05) is 30.3 Å². The van der Waals surface area contributed by atoms with Gasteiger partial charge in [0, 0.05) is 23.0 Å². The van der Waals surface area contributed by atoms with Gasteiger partial charge in [-0.3, -0.25) is 9.69 Å². The normalized spacial score (nSPS) is 11.3. The highest BCUT2D eigenvalue weighted by Gasteiger charge is 2.21. The molecule has 0 bridgehead atoms. The lowest BCUT2D eigenvalue weighted by atomic mass is 10.3. The van der Waals surface area contributed by atoms with E-state index < -0.39 is 0 Å². The van der Waals surface area contributed by atoms with Crippen LogP contribution >= 0.6 is 34.7 Å². The van der Waals surface area contributed by atoms with Gasteiger partial charge in [-0.2, -0.15) is 0 Å². The summed E-state index contributed by atoms with van der Waals surface area (Å²) in [6.45, 7) is 7.27. The van der Waals surface area contributed by atoms with Gasteiger partial charge in [0.05, 0.1) is 10.5 Å². The molecule has 1 aromatic heterocycles. The van der Waals surface area contributed by atoms with Crippen molar-refractivity contribution in [2.45, 2.75) is 18.7 Å². The fourth-order valence-corrected chi connectivity index (χ4v) is 4.80. The highest BCUT2D eigenvalue weighted by Crippen LogP contribution is 2.31. The number of fused-ring (bicyclic) bond motifs is 1. The number of amides is 1. The van der Waals surface area contributed by atoms with E-state index in [0.29, 0.717) is 22.2 Å². The van der Waals surface area contributed by atoms with Gasteiger partial charge >= 0.3 is 0 Å². The molecule has 0 fully saturated rings. The largest absolute Gasteiger partial charge is 0.302 e. The molecule has 0 N–H and O–H groups in total. The fraction of sp³-hybridized carbons (Fsp3) is 0.333. The van der Waals surface area contributed by atoms with E-state index in [1.54, 1.807) is 11.0 Å². The Morgan fingerprint density at radius 3 is 2.52 bits per heavy atom. The van der Waals surface area contributed by atoms with Crippen LogP contribution < -0.4 is 4.90 Å². The van der Waals surface area contributed by atoms with Crippen LogP contribution in [-0.4, -0.2) is 47.7 Å². The topological polar surface area (TPSA) is 36.4 Å². The van der Waals surface area contributed by atoms with Gasteiger partial charge in [-0.15, -0.1) is 11.8 Å². The molecule has 0 spiro atoms. The van der Waals surface area contributed by atoms with Gasteiger partial charge in [-0.1, -0.05) is 42.9 Å². The predicted molar refractivity (Wildman–Crippen MR) is 122 cm³/mol. The number of thioether (sulfide) groups is 1. The third-order valence-electron chi connectivity index (χ3n) is 4.60. The van der Waals surface area contributed by atoms with Crippen LogP contribution in [0.5, 0.6) is 0 Å². The summed E-state index contributed by atoms with van der Waals surface area (Å²) < 4.78 is 14.8. The third kappa shape index (κ3) is 5.69. The molecule has 154 valence electrons. The molecule has 3 rings (SSSR count). The van der Waals surface area contributed by atoms with Crippen LogP contribution in [0.15, 0.2) is 47.4 Å². The monoisotopic (exact) mass is 451 g/mol. The number of rotatable bonds is 9. The molecular weight excluding hydrogens is 429 g/mol. The number of halogens is 2. The first-order chi connectivity index (χ1) is 14.0. The fourth-order valence-electron chi connectivity index (χ4n) is 2.88. The van der Waals surface area contributed by atoms with Crippen molar-refractivity contribution < 1.29 is 9.18 Å². The standard InChI is InChI=1S/C21H23ClFN3OS2/c1-3-25(4-2)12-13-26(19(27)14-28-16-10-8-15(22)9-11-16)21-24-20-17(23)6-5-7-18(20)29-21/h5-11H,3-4,12-14H2,1-2H3. The Bertz CT molecular complexity index is 960. The molecular formula is C21H23ClFN3OS2. The lowest BCUT2D eigenvalue weighted by Crippen LogP contribution is -2.39. The van der Waals surface area contributed by atoms with Crippen molar-refractivity contribution >= 4 is 56.0 Å². The number of aromatic nitrogens is 1. The van der Waals surface area contributed by atoms with E-state index in [1.165, 1.54) is 29.2 Å². The molecule has 4 nitrogen and oxygen atoms in total. The van der Waals surface area contributed by atoms with Gasteiger partial charge < -0.3 is 4.90 Å². The summed E-state index contributed by atoms with van der Waals surface area (Å²) in [6.07, 6.45) is 0. The van der Waals surface area contributed by atoms with Crippen molar-refractivity contribution in [3.8, 4) is 0 Å². The first-order valence-corrected chi connectivity index (χ1v) is 11.7. The van der Waals surface area contributed by atoms with Crippen molar-refractivity contribution in [1.29, 1.82) is 0 Å². The van der Waals surface area contributed by atoms with Crippen LogP contribution in [0.2, 0.25) is 5.02 Å². The molecule has 0 aliphatic heterocycles. The quantitative estimate of drug-likeness (QED) is 0.399. The average molecular weight is 452 g/mol. The summed E-state index contributed by atoms with van der Waals surface area (Å²) in [5.74, 6) is -0.133. The Balaban J connectivity index is 1.79. The number of nitrogens with zero attached hydrogens (tertiary/aromatic N) is 3. The molecule has 29 heavy (non-hydrogen) atoms. The van der Waals surface area contributed by atoms with E-state index in [9.17, 15) is 9.18 Å². The highest BCUT2D eigenvalue weighted by atomic mass is 35.5. The minimum Gasteiger partial charge on any atom is -0.302 e. The molecule has 0 unspecified atom stereocenters. The minimum absolute atomic E-state index is 0.0448. The van der Waals surface area contributed by atoms with Crippen LogP contribution in [0, 0.1) is 5.82 Å². The van der Waals surface area contributed by atoms with Crippen LogP contribution in [0.3, 0.4) is 0 Å². The molecule has 0 aliphatic rings. The zero-order chi connectivity index (χ0) is 20.8. The lowest BCUT2D eigenvalue weighted by Gasteiger charge is -2.24. The summed E-state index contributed by atoms with van der Waals surface area (Å²) in [7, 11) is 0. The highest BCUT2D eigenvalue weighted by molar-refractivity contribution is 8.00. The van der Waals surface area contributed by atoms with Crippen molar-refractivity contribution in [2.75, 3.05) is 36.8 Å². The molecule has 8 heteroatoms. The molecule has 0 aliphatic carbocycles. The molecule has 0 radical (unpaired) electrons. The van der Waals surface area contributed by atoms with Crippen molar-refractivity contribution in [2.24, 2.45) is 0 Å². The maximum absolute atomic E-state index is 14.1. The number of hydrogen-bond donors (Lipinski definition) is 0. The van der Waals surface area contributed by atoms with Crippen LogP contribution in [0.1, 0.15) is 13.8 Å².